The van der Waals surface area contributed by atoms with E-state index in [1.54, 1.807) is 30.3 Å². The fourth-order valence-electron chi connectivity index (χ4n) is 3.24. The summed E-state index contributed by atoms with van der Waals surface area (Å²) >= 11 is 5.90. The number of benzene rings is 2. The molecule has 0 aliphatic carbocycles. The average Bonchev–Trinajstić information content (AvgIpc) is 3.07. The molecule has 0 bridgehead atoms. The molecule has 7 heteroatoms. The Morgan fingerprint density at radius 1 is 1.07 bits per heavy atom. The predicted molar refractivity (Wildman–Crippen MR) is 116 cm³/mol. The lowest BCUT2D eigenvalue weighted by Crippen LogP contribution is -2.05. The van der Waals surface area contributed by atoms with Crippen LogP contribution in [0.25, 0.3) is 22.0 Å². The largest absolute Gasteiger partial charge is 0.491 e. The number of rotatable bonds is 6. The van der Waals surface area contributed by atoms with Crippen LogP contribution in [0.3, 0.4) is 0 Å². The number of aromatic amines is 1. The van der Waals surface area contributed by atoms with Crippen molar-refractivity contribution in [1.29, 1.82) is 0 Å². The number of fused-ring (bicyclic) bond motifs is 1. The summed E-state index contributed by atoms with van der Waals surface area (Å²) in [5.74, 6) is 0.563. The molecule has 0 saturated carbocycles. The molecule has 2 N–H and O–H groups in total. The summed E-state index contributed by atoms with van der Waals surface area (Å²) in [6.45, 7) is 3.91. The van der Waals surface area contributed by atoms with Crippen molar-refractivity contribution in [3.63, 3.8) is 0 Å². The molecule has 2 aromatic carbocycles. The Kier molecular flexibility index (Phi) is 5.33. The van der Waals surface area contributed by atoms with Gasteiger partial charge >= 0.3 is 5.97 Å². The van der Waals surface area contributed by atoms with Crippen LogP contribution in [-0.2, 0) is 0 Å². The zero-order valence-electron chi connectivity index (χ0n) is 16.3. The molecule has 152 valence electrons. The average molecular weight is 423 g/mol. The van der Waals surface area contributed by atoms with Crippen LogP contribution in [-0.4, -0.2) is 27.1 Å². The molecule has 0 spiro atoms. The van der Waals surface area contributed by atoms with Gasteiger partial charge in [0.1, 0.15) is 22.3 Å². The van der Waals surface area contributed by atoms with Crippen molar-refractivity contribution in [2.75, 3.05) is 0 Å². The number of halogens is 1. The molecule has 0 unspecified atom stereocenters. The van der Waals surface area contributed by atoms with Gasteiger partial charge in [-0.3, -0.25) is 0 Å². The number of H-pyrrole nitrogens is 1. The highest BCUT2D eigenvalue weighted by molar-refractivity contribution is 6.29. The summed E-state index contributed by atoms with van der Waals surface area (Å²) in [5.41, 5.74) is 2.14. The number of aromatic carboxylic acids is 1. The third kappa shape index (κ3) is 4.09. The van der Waals surface area contributed by atoms with Crippen LogP contribution in [0, 0.1) is 0 Å². The first-order valence-electron chi connectivity index (χ1n) is 9.37. The maximum atomic E-state index is 11.9. The number of nitrogens with zero attached hydrogens (tertiary/aromatic N) is 1. The molecule has 0 radical (unpaired) electrons. The summed E-state index contributed by atoms with van der Waals surface area (Å²) < 4.78 is 11.4. The Labute approximate surface area is 178 Å². The molecule has 2 heterocycles. The van der Waals surface area contributed by atoms with E-state index in [0.29, 0.717) is 27.9 Å². The second kappa shape index (κ2) is 8.08. The number of carboxylic acids is 1. The van der Waals surface area contributed by atoms with E-state index in [9.17, 15) is 9.90 Å². The summed E-state index contributed by atoms with van der Waals surface area (Å²) in [6, 6.07) is 17.8. The second-order valence-corrected chi connectivity index (χ2v) is 7.37. The van der Waals surface area contributed by atoms with Gasteiger partial charge in [-0.1, -0.05) is 29.8 Å². The van der Waals surface area contributed by atoms with Gasteiger partial charge in [-0.2, -0.15) is 0 Å². The number of carboxylic acid groups (broad SMARTS) is 1. The monoisotopic (exact) mass is 422 g/mol. The molecule has 4 aromatic rings. The highest BCUT2D eigenvalue weighted by atomic mass is 35.5. The van der Waals surface area contributed by atoms with Crippen LogP contribution < -0.4 is 9.47 Å². The van der Waals surface area contributed by atoms with Crippen LogP contribution in [0.1, 0.15) is 24.3 Å². The third-order valence-corrected chi connectivity index (χ3v) is 4.62. The van der Waals surface area contributed by atoms with E-state index in [4.69, 9.17) is 21.1 Å². The highest BCUT2D eigenvalue weighted by Crippen LogP contribution is 2.36. The quantitative estimate of drug-likeness (QED) is 0.363. The minimum absolute atomic E-state index is 0.0610. The number of nitrogens with one attached hydrogen (secondary N) is 1. The normalized spacial score (nSPS) is 11.1. The van der Waals surface area contributed by atoms with Crippen LogP contribution in [0.15, 0.2) is 60.7 Å². The molecule has 0 aliphatic heterocycles. The topological polar surface area (TPSA) is 84.4 Å². The number of aromatic nitrogens is 2. The smallest absolute Gasteiger partial charge is 0.352 e. The van der Waals surface area contributed by atoms with Gasteiger partial charge < -0.3 is 19.6 Å². The van der Waals surface area contributed by atoms with Crippen LogP contribution in [0.4, 0.5) is 0 Å². The van der Waals surface area contributed by atoms with E-state index in [1.165, 1.54) is 0 Å². The lowest BCUT2D eigenvalue weighted by molar-refractivity contribution is 0.0692. The first kappa shape index (κ1) is 19.8. The van der Waals surface area contributed by atoms with Crippen molar-refractivity contribution in [3.05, 3.63) is 71.5 Å². The molecule has 0 atom stereocenters. The summed E-state index contributed by atoms with van der Waals surface area (Å²) in [7, 11) is 0. The Morgan fingerprint density at radius 2 is 1.80 bits per heavy atom. The van der Waals surface area contributed by atoms with Gasteiger partial charge in [-0.15, -0.1) is 0 Å². The van der Waals surface area contributed by atoms with Gasteiger partial charge in [0.25, 0.3) is 0 Å². The molecular weight excluding hydrogens is 404 g/mol. The van der Waals surface area contributed by atoms with Crippen molar-refractivity contribution in [2.24, 2.45) is 0 Å². The Hall–Kier alpha value is -3.51. The highest BCUT2D eigenvalue weighted by Gasteiger charge is 2.19. The molecule has 6 nitrogen and oxygen atoms in total. The van der Waals surface area contributed by atoms with Gasteiger partial charge in [-0.05, 0) is 49.7 Å². The molecule has 4 rings (SSSR count). The van der Waals surface area contributed by atoms with Crippen LogP contribution in [0.2, 0.25) is 5.15 Å². The summed E-state index contributed by atoms with van der Waals surface area (Å²) in [4.78, 5) is 19.0. The zero-order valence-corrected chi connectivity index (χ0v) is 17.1. The predicted octanol–water partition coefficient (Wildman–Crippen LogP) is 6.16. The van der Waals surface area contributed by atoms with Crippen LogP contribution in [0.5, 0.6) is 17.4 Å². The Morgan fingerprint density at radius 3 is 2.47 bits per heavy atom. The summed E-state index contributed by atoms with van der Waals surface area (Å²) in [6.07, 6.45) is 0.0610. The number of pyridine rings is 1. The van der Waals surface area contributed by atoms with Gasteiger partial charge in [0.2, 0.25) is 5.88 Å². The Balaban J connectivity index is 1.74. The number of hydrogen-bond donors (Lipinski definition) is 2. The SMILES string of the molecule is CC(C)Oc1ccc(-c2c(C(=O)O)[nH]c3cc(Oc4cccc(Cl)n4)ccc23)cc1. The number of ether oxygens (including phenoxy) is 2. The second-order valence-electron chi connectivity index (χ2n) is 6.98. The maximum Gasteiger partial charge on any atom is 0.352 e. The van der Waals surface area contributed by atoms with Gasteiger partial charge in [0, 0.05) is 23.1 Å². The molecule has 0 fully saturated rings. The molecule has 0 saturated heterocycles. The van der Waals surface area contributed by atoms with Crippen molar-refractivity contribution >= 4 is 28.5 Å². The van der Waals surface area contributed by atoms with Gasteiger partial charge in [-0.25, -0.2) is 9.78 Å². The van der Waals surface area contributed by atoms with E-state index in [1.807, 2.05) is 44.2 Å². The van der Waals surface area contributed by atoms with Crippen LogP contribution >= 0.6 is 11.6 Å². The van der Waals surface area contributed by atoms with Crippen molar-refractivity contribution in [3.8, 4) is 28.5 Å². The lowest BCUT2D eigenvalue weighted by Gasteiger charge is -2.10. The standard InChI is InChI=1S/C23H19ClN2O4/c1-13(2)29-15-8-6-14(7-9-15)21-17-11-10-16(12-18(17)25-22(21)23(27)28)30-20-5-3-4-19(24)26-20/h3-13,25H,1-2H3,(H,27,28). The van der Waals surface area contributed by atoms with E-state index in [-0.39, 0.29) is 11.8 Å². The van der Waals surface area contributed by atoms with Crippen molar-refractivity contribution < 1.29 is 19.4 Å². The molecule has 30 heavy (non-hydrogen) atoms. The minimum atomic E-state index is -1.04. The first-order chi connectivity index (χ1) is 14.4. The molecule has 0 amide bonds. The van der Waals surface area contributed by atoms with E-state index in [2.05, 4.69) is 9.97 Å². The van der Waals surface area contributed by atoms with Gasteiger partial charge in [0.15, 0.2) is 0 Å². The minimum Gasteiger partial charge on any atom is -0.491 e. The first-order valence-corrected chi connectivity index (χ1v) is 9.75. The van der Waals surface area contributed by atoms with Crippen molar-refractivity contribution in [1.82, 2.24) is 9.97 Å². The van der Waals surface area contributed by atoms with Gasteiger partial charge in [0.05, 0.1) is 11.6 Å². The fraction of sp³-hybridized carbons (Fsp3) is 0.130. The third-order valence-electron chi connectivity index (χ3n) is 4.41. The molecular formula is C23H19ClN2O4. The van der Waals surface area contributed by atoms with E-state index >= 15 is 0 Å². The van der Waals surface area contributed by atoms with E-state index in [0.717, 1.165) is 16.7 Å². The lowest BCUT2D eigenvalue weighted by atomic mass is 10.0. The number of hydrogen-bond acceptors (Lipinski definition) is 4. The zero-order chi connectivity index (χ0) is 21.3. The van der Waals surface area contributed by atoms with Crippen molar-refractivity contribution in [2.45, 2.75) is 20.0 Å². The number of carbonyl (C=O) groups is 1. The summed E-state index contributed by atoms with van der Waals surface area (Å²) in [5, 5.41) is 10.8. The molecule has 2 aromatic heterocycles. The fourth-order valence-corrected chi connectivity index (χ4v) is 3.40. The maximum absolute atomic E-state index is 11.9. The molecule has 0 aliphatic rings. The van der Waals surface area contributed by atoms with E-state index < -0.39 is 5.97 Å². The Bertz CT molecular complexity index is 1220.